The molecule has 1 fully saturated rings. The van der Waals surface area contributed by atoms with Crippen molar-refractivity contribution in [1.82, 2.24) is 9.88 Å². The molecule has 2 N–H and O–H groups in total. The van der Waals surface area contributed by atoms with E-state index in [2.05, 4.69) is 4.98 Å². The summed E-state index contributed by atoms with van der Waals surface area (Å²) in [6, 6.07) is 11.9. The van der Waals surface area contributed by atoms with Crippen LogP contribution < -0.4 is 0 Å². The van der Waals surface area contributed by atoms with E-state index in [9.17, 15) is 23.4 Å². The summed E-state index contributed by atoms with van der Waals surface area (Å²) in [7, 11) is -3.18. The fourth-order valence-corrected chi connectivity index (χ4v) is 7.49. The molecule has 8 nitrogen and oxygen atoms in total. The summed E-state index contributed by atoms with van der Waals surface area (Å²) < 4.78 is 45.8. The summed E-state index contributed by atoms with van der Waals surface area (Å²) in [6.07, 6.45) is 0.640. The van der Waals surface area contributed by atoms with E-state index in [1.54, 1.807) is 36.4 Å². The highest BCUT2D eigenvalue weighted by Gasteiger charge is 2.47. The van der Waals surface area contributed by atoms with Crippen molar-refractivity contribution in [1.29, 1.82) is 0 Å². The van der Waals surface area contributed by atoms with Gasteiger partial charge in [-0.1, -0.05) is 35.3 Å². The van der Waals surface area contributed by atoms with Crippen molar-refractivity contribution < 1.29 is 32.6 Å². The lowest BCUT2D eigenvalue weighted by Gasteiger charge is -2.36. The highest BCUT2D eigenvalue weighted by atomic mass is 35.5. The van der Waals surface area contributed by atoms with Gasteiger partial charge in [0.2, 0.25) is 0 Å². The number of hydrogen-bond acceptors (Lipinski definition) is 7. The lowest BCUT2D eigenvalue weighted by molar-refractivity contribution is -0.0623. The van der Waals surface area contributed by atoms with Crippen molar-refractivity contribution in [3.8, 4) is 0 Å². The van der Waals surface area contributed by atoms with Gasteiger partial charge in [0.15, 0.2) is 6.23 Å². The Labute approximate surface area is 247 Å². The molecule has 218 valence electrons. The largest absolute Gasteiger partial charge is 0.394 e. The van der Waals surface area contributed by atoms with E-state index in [0.29, 0.717) is 21.3 Å². The second kappa shape index (κ2) is 11.6. The molecule has 2 aliphatic rings. The zero-order valence-electron chi connectivity index (χ0n) is 22.1. The molecule has 0 saturated carbocycles. The van der Waals surface area contributed by atoms with Crippen molar-refractivity contribution in [2.24, 2.45) is 5.92 Å². The average Bonchev–Trinajstić information content (AvgIpc) is 3.20. The molecule has 1 aromatic heterocycles. The van der Waals surface area contributed by atoms with Gasteiger partial charge in [0, 0.05) is 16.8 Å². The van der Waals surface area contributed by atoms with Gasteiger partial charge >= 0.3 is 0 Å². The molecular weight excluding hydrogens is 594 g/mol. The van der Waals surface area contributed by atoms with Crippen LogP contribution in [0.3, 0.4) is 0 Å². The number of aliphatic hydroxyl groups excluding tert-OH is 1. The molecule has 1 saturated heterocycles. The van der Waals surface area contributed by atoms with E-state index in [1.165, 1.54) is 30.2 Å². The number of hydrogen-bond donors (Lipinski definition) is 2. The van der Waals surface area contributed by atoms with Crippen LogP contribution in [-0.4, -0.2) is 59.1 Å². The third-order valence-electron chi connectivity index (χ3n) is 7.87. The van der Waals surface area contributed by atoms with Gasteiger partial charge in [0.05, 0.1) is 46.6 Å². The van der Waals surface area contributed by atoms with Gasteiger partial charge in [0.1, 0.15) is 21.7 Å². The number of amides is 1. The van der Waals surface area contributed by atoms with Crippen LogP contribution in [0.1, 0.15) is 64.8 Å². The molecule has 5 rings (SSSR count). The minimum Gasteiger partial charge on any atom is -0.394 e. The molecule has 3 atom stereocenters. The fraction of sp³-hybridized carbons (Fsp3) is 0.379. The van der Waals surface area contributed by atoms with Gasteiger partial charge in [-0.3, -0.25) is 14.7 Å². The quantitative estimate of drug-likeness (QED) is 0.370. The highest BCUT2D eigenvalue weighted by molar-refractivity contribution is 7.91. The molecule has 3 aromatic rings. The Morgan fingerprint density at radius 2 is 1.88 bits per heavy atom. The summed E-state index contributed by atoms with van der Waals surface area (Å²) in [5.74, 6) is -1.93. The summed E-state index contributed by atoms with van der Waals surface area (Å²) >= 11 is 12.4. The monoisotopic (exact) mass is 622 g/mol. The molecule has 2 unspecified atom stereocenters. The SMILES string of the molecule is CC(O)(c1cc(F)c2c(c1)C(=O)N(C(c1cccc(Cl)c1)c1ccc(Cl)cn1)[C@@H]2OCCO)C1CCS(=O)(=O)CC1. The number of aliphatic hydroxyl groups is 2. The number of carbonyl (C=O) groups is 1. The first-order valence-corrected chi connectivity index (χ1v) is 15.7. The number of rotatable bonds is 8. The predicted molar refractivity (Wildman–Crippen MR) is 152 cm³/mol. The number of fused-ring (bicyclic) bond motifs is 1. The smallest absolute Gasteiger partial charge is 0.257 e. The molecule has 3 heterocycles. The van der Waals surface area contributed by atoms with E-state index in [4.69, 9.17) is 27.9 Å². The topological polar surface area (TPSA) is 117 Å². The van der Waals surface area contributed by atoms with Crippen molar-refractivity contribution >= 4 is 38.9 Å². The Kier molecular flexibility index (Phi) is 8.44. The fourth-order valence-electron chi connectivity index (χ4n) is 5.69. The lowest BCUT2D eigenvalue weighted by atomic mass is 9.78. The minimum atomic E-state index is -3.18. The maximum Gasteiger partial charge on any atom is 0.257 e. The Bertz CT molecular complexity index is 1550. The van der Waals surface area contributed by atoms with E-state index in [0.717, 1.165) is 0 Å². The standard InChI is InChI=1S/C29H29Cl2FN2O6S/c1-29(37,18-7-11-41(38,39)12-8-18)19-14-22-25(23(32)15-19)28(40-10-9-35)34(27(22)36)26(17-3-2-4-20(30)13-17)24-6-5-21(31)16-33-24/h2-6,13-16,18,26,28,35,37H,7-12H2,1H3/t26?,28-,29?/m1/s1. The van der Waals surface area contributed by atoms with Crippen LogP contribution in [0.4, 0.5) is 4.39 Å². The third kappa shape index (κ3) is 5.86. The number of sulfone groups is 1. The number of ether oxygens (including phenoxy) is 1. The van der Waals surface area contributed by atoms with Gasteiger partial charge in [-0.25, -0.2) is 12.8 Å². The van der Waals surface area contributed by atoms with Crippen molar-refractivity contribution in [2.45, 2.75) is 37.6 Å². The van der Waals surface area contributed by atoms with Crippen LogP contribution in [-0.2, 0) is 20.2 Å². The number of nitrogens with zero attached hydrogens (tertiary/aromatic N) is 2. The van der Waals surface area contributed by atoms with Crippen LogP contribution in [0.15, 0.2) is 54.7 Å². The lowest BCUT2D eigenvalue weighted by Crippen LogP contribution is -2.38. The summed E-state index contributed by atoms with van der Waals surface area (Å²) in [6.45, 7) is 0.966. The zero-order valence-corrected chi connectivity index (χ0v) is 24.5. The first-order valence-electron chi connectivity index (χ1n) is 13.1. The maximum atomic E-state index is 16.0. The van der Waals surface area contributed by atoms with E-state index in [1.807, 2.05) is 0 Å². The number of aromatic nitrogens is 1. The molecule has 2 aromatic carbocycles. The molecule has 0 spiro atoms. The van der Waals surface area contributed by atoms with Crippen molar-refractivity contribution in [3.05, 3.63) is 98.5 Å². The van der Waals surface area contributed by atoms with Crippen LogP contribution in [0.25, 0.3) is 0 Å². The summed E-state index contributed by atoms with van der Waals surface area (Å²) in [5, 5.41) is 21.9. The molecule has 0 bridgehead atoms. The molecule has 12 heteroatoms. The molecule has 2 aliphatic heterocycles. The van der Waals surface area contributed by atoms with E-state index < -0.39 is 45.4 Å². The Balaban J connectivity index is 1.62. The molecule has 41 heavy (non-hydrogen) atoms. The second-order valence-corrected chi connectivity index (χ2v) is 13.7. The normalized spacial score (nSPS) is 21.0. The van der Waals surface area contributed by atoms with Crippen LogP contribution in [0.2, 0.25) is 10.0 Å². The molecule has 0 aliphatic carbocycles. The van der Waals surface area contributed by atoms with Crippen LogP contribution >= 0.6 is 23.2 Å². The number of halogens is 3. The van der Waals surface area contributed by atoms with Crippen LogP contribution in [0.5, 0.6) is 0 Å². The summed E-state index contributed by atoms with van der Waals surface area (Å²) in [5.41, 5.74) is -0.458. The molecule has 1 amide bonds. The summed E-state index contributed by atoms with van der Waals surface area (Å²) in [4.78, 5) is 20.0. The minimum absolute atomic E-state index is 0.00682. The Hall–Kier alpha value is -2.60. The van der Waals surface area contributed by atoms with E-state index >= 15 is 4.39 Å². The van der Waals surface area contributed by atoms with Gasteiger partial charge in [0.25, 0.3) is 5.91 Å². The zero-order chi connectivity index (χ0) is 29.5. The van der Waals surface area contributed by atoms with Gasteiger partial charge < -0.3 is 14.9 Å². The van der Waals surface area contributed by atoms with Crippen LogP contribution in [0, 0.1) is 11.7 Å². The Morgan fingerprint density at radius 3 is 2.51 bits per heavy atom. The molecular formula is C29H29Cl2FN2O6S. The number of pyridine rings is 1. The number of benzene rings is 2. The van der Waals surface area contributed by atoms with Gasteiger partial charge in [-0.15, -0.1) is 0 Å². The first-order chi connectivity index (χ1) is 19.4. The van der Waals surface area contributed by atoms with Gasteiger partial charge in [-0.05, 0) is 73.2 Å². The third-order valence-corrected chi connectivity index (χ3v) is 10.0. The first kappa shape index (κ1) is 29.9. The maximum absolute atomic E-state index is 16.0. The van der Waals surface area contributed by atoms with E-state index in [-0.39, 0.29) is 54.3 Å². The Morgan fingerprint density at radius 1 is 1.15 bits per heavy atom. The highest BCUT2D eigenvalue weighted by Crippen LogP contribution is 2.46. The number of carbonyl (C=O) groups excluding carboxylic acids is 1. The second-order valence-electron chi connectivity index (χ2n) is 10.5. The van der Waals surface area contributed by atoms with Crippen molar-refractivity contribution in [2.75, 3.05) is 24.7 Å². The van der Waals surface area contributed by atoms with Gasteiger partial charge in [-0.2, -0.15) is 0 Å². The average molecular weight is 624 g/mol. The predicted octanol–water partition coefficient (Wildman–Crippen LogP) is 4.81. The van der Waals surface area contributed by atoms with Crippen molar-refractivity contribution in [3.63, 3.8) is 0 Å². The molecule has 0 radical (unpaired) electrons.